The average Bonchev–Trinajstić information content (AvgIpc) is 1.85. The van der Waals surface area contributed by atoms with E-state index in [4.69, 9.17) is 0 Å². The minimum absolute atomic E-state index is 1.03. The van der Waals surface area contributed by atoms with E-state index in [-0.39, 0.29) is 0 Å². The van der Waals surface area contributed by atoms with Crippen molar-refractivity contribution in [1.82, 2.24) is 0 Å². The van der Waals surface area contributed by atoms with E-state index in [1.807, 2.05) is 6.07 Å². The monoisotopic (exact) mass is 403 g/mol. The molecular formula is C6H5AlBr2IN. The summed E-state index contributed by atoms with van der Waals surface area (Å²) in [4.78, 5) is 0. The summed E-state index contributed by atoms with van der Waals surface area (Å²) in [6.07, 6.45) is 0. The highest BCUT2D eigenvalue weighted by molar-refractivity contribution is 14.1. The molecule has 0 aromatic heterocycles. The van der Waals surface area contributed by atoms with Gasteiger partial charge in [0.2, 0.25) is 0 Å². The molecule has 1 rings (SSSR count). The number of nitrogens with zero attached hydrogens (tertiary/aromatic N) is 1. The van der Waals surface area contributed by atoms with Gasteiger partial charge in [-0.2, -0.15) is 0 Å². The summed E-state index contributed by atoms with van der Waals surface area (Å²) in [7, 11) is 0. The lowest BCUT2D eigenvalue weighted by Gasteiger charge is -2.11. The summed E-state index contributed by atoms with van der Waals surface area (Å²) in [6.45, 7) is 0. The first-order chi connectivity index (χ1) is 5.09. The topological polar surface area (TPSA) is 3.24 Å². The Morgan fingerprint density at radius 3 is 2.00 bits per heavy atom. The molecule has 0 radical (unpaired) electrons. The molecule has 0 aliphatic heterocycles. The highest BCUT2D eigenvalue weighted by Crippen LogP contribution is 2.26. The van der Waals surface area contributed by atoms with Gasteiger partial charge in [-0.15, -0.1) is 0 Å². The number of anilines is 1. The second kappa shape index (κ2) is 4.47. The van der Waals surface area contributed by atoms with Crippen LogP contribution in [-0.4, -0.2) is 16.5 Å². The fourth-order valence-corrected chi connectivity index (χ4v) is 2.52. The maximum atomic E-state index is 3.44. The van der Waals surface area contributed by atoms with E-state index in [0.29, 0.717) is 0 Å². The van der Waals surface area contributed by atoms with Gasteiger partial charge in [0.15, 0.2) is 0 Å². The van der Waals surface area contributed by atoms with Crippen LogP contribution in [-0.2, 0) is 0 Å². The fourth-order valence-electron chi connectivity index (χ4n) is 0.717. The zero-order valence-corrected chi connectivity index (χ0v) is 13.1. The molecule has 0 fully saturated rings. The van der Waals surface area contributed by atoms with Crippen molar-refractivity contribution >= 4 is 76.9 Å². The number of hydrogen-bond acceptors (Lipinski definition) is 1. The third-order valence-corrected chi connectivity index (χ3v) is 3.19. The predicted octanol–water partition coefficient (Wildman–Crippen LogP) is 2.92. The van der Waals surface area contributed by atoms with Crippen LogP contribution in [0.1, 0.15) is 0 Å². The van der Waals surface area contributed by atoms with E-state index in [1.54, 1.807) is 0 Å². The molecule has 0 N–H and O–H groups in total. The number of halogens is 3. The summed E-state index contributed by atoms with van der Waals surface area (Å²) in [6, 6.07) is 6.24. The molecule has 1 aromatic carbocycles. The van der Waals surface area contributed by atoms with E-state index in [2.05, 4.69) is 69.0 Å². The SMILES string of the molecule is [AlH2][N](I)c1cc(Br)cc(Br)c1. The Kier molecular flexibility index (Phi) is 4.20. The normalized spacial score (nSPS) is 9.73. The fraction of sp³-hybridized carbons (Fsp3) is 0. The van der Waals surface area contributed by atoms with Crippen molar-refractivity contribution in [3.8, 4) is 0 Å². The quantitative estimate of drug-likeness (QED) is 0.395. The summed E-state index contributed by atoms with van der Waals surface area (Å²) < 4.78 is 4.39. The maximum absolute atomic E-state index is 3.44. The third-order valence-electron chi connectivity index (χ3n) is 1.20. The molecule has 0 aliphatic rings. The van der Waals surface area contributed by atoms with Gasteiger partial charge >= 0.3 is 16.5 Å². The minimum Gasteiger partial charge on any atom is -0.415 e. The van der Waals surface area contributed by atoms with Gasteiger partial charge in [-0.25, -0.2) is 0 Å². The Balaban J connectivity index is 3.08. The average molecular weight is 405 g/mol. The molecule has 0 saturated heterocycles. The lowest BCUT2D eigenvalue weighted by Crippen LogP contribution is -2.01. The van der Waals surface area contributed by atoms with Crippen molar-refractivity contribution in [2.45, 2.75) is 0 Å². The van der Waals surface area contributed by atoms with E-state index in [9.17, 15) is 0 Å². The van der Waals surface area contributed by atoms with Crippen LogP contribution in [0, 0.1) is 0 Å². The Labute approximate surface area is 105 Å². The Morgan fingerprint density at radius 2 is 1.64 bits per heavy atom. The van der Waals surface area contributed by atoms with Gasteiger partial charge in [-0.05, 0) is 18.2 Å². The molecule has 0 heterocycles. The van der Waals surface area contributed by atoms with E-state index in [0.717, 1.165) is 25.5 Å². The van der Waals surface area contributed by atoms with Crippen LogP contribution in [0.25, 0.3) is 0 Å². The molecule has 11 heavy (non-hydrogen) atoms. The third kappa shape index (κ3) is 3.23. The van der Waals surface area contributed by atoms with Crippen molar-refractivity contribution in [3.63, 3.8) is 0 Å². The zero-order chi connectivity index (χ0) is 8.43. The van der Waals surface area contributed by atoms with E-state index < -0.39 is 0 Å². The summed E-state index contributed by atoms with van der Waals surface area (Å²) in [5.74, 6) is 0. The van der Waals surface area contributed by atoms with Gasteiger partial charge in [0.1, 0.15) is 0 Å². The van der Waals surface area contributed by atoms with E-state index in [1.165, 1.54) is 5.69 Å². The molecule has 0 spiro atoms. The number of hydrogen-bond donors (Lipinski definition) is 0. The zero-order valence-electron chi connectivity index (χ0n) is 5.81. The molecule has 5 heteroatoms. The summed E-state index contributed by atoms with van der Waals surface area (Å²) in [5.41, 5.74) is 1.23. The molecule has 0 amide bonds. The standard InChI is InChI=1S/C6H3Br2IN.Al.2H/c7-4-1-5(8)3-6(2-4)10-9;;;/h1-3H;;;/q-1;+1;;. The van der Waals surface area contributed by atoms with Crippen molar-refractivity contribution < 1.29 is 0 Å². The highest BCUT2D eigenvalue weighted by atomic mass is 127. The van der Waals surface area contributed by atoms with Crippen LogP contribution in [0.15, 0.2) is 27.1 Å². The van der Waals surface area contributed by atoms with E-state index >= 15 is 0 Å². The number of rotatable bonds is 1. The Hall–Kier alpha value is 1.24. The van der Waals surface area contributed by atoms with Crippen molar-refractivity contribution in [2.24, 2.45) is 0 Å². The van der Waals surface area contributed by atoms with Crippen molar-refractivity contribution in [1.29, 1.82) is 0 Å². The molecule has 0 bridgehead atoms. The molecule has 0 aliphatic carbocycles. The minimum atomic E-state index is 1.03. The van der Waals surface area contributed by atoms with Gasteiger partial charge in [-0.3, -0.25) is 0 Å². The molecule has 1 aromatic rings. The molecular weight excluding hydrogens is 400 g/mol. The lowest BCUT2D eigenvalue weighted by molar-refractivity contribution is 1.55. The summed E-state index contributed by atoms with van der Waals surface area (Å²) in [5, 5.41) is 0. The highest BCUT2D eigenvalue weighted by Gasteiger charge is 1.98. The number of benzene rings is 1. The first-order valence-corrected chi connectivity index (χ1v) is 6.40. The van der Waals surface area contributed by atoms with Crippen molar-refractivity contribution in [3.05, 3.63) is 27.1 Å². The smallest absolute Gasteiger partial charge is 0.377 e. The van der Waals surface area contributed by atoms with Crippen LogP contribution in [0.5, 0.6) is 0 Å². The Bertz CT molecular complexity index is 247. The first kappa shape index (κ1) is 10.3. The van der Waals surface area contributed by atoms with Crippen LogP contribution >= 0.6 is 54.7 Å². The van der Waals surface area contributed by atoms with Gasteiger partial charge in [-0.1, -0.05) is 31.9 Å². The van der Waals surface area contributed by atoms with Crippen LogP contribution in [0.3, 0.4) is 0 Å². The first-order valence-electron chi connectivity index (χ1n) is 2.95. The lowest BCUT2D eigenvalue weighted by atomic mass is 10.3. The predicted molar refractivity (Wildman–Crippen MR) is 66.9 cm³/mol. The molecule has 0 saturated carbocycles. The largest absolute Gasteiger partial charge is 0.415 e. The van der Waals surface area contributed by atoms with Crippen LogP contribution < -0.4 is 2.10 Å². The van der Waals surface area contributed by atoms with Gasteiger partial charge < -0.3 is 2.10 Å². The van der Waals surface area contributed by atoms with Crippen molar-refractivity contribution in [2.75, 3.05) is 2.10 Å². The van der Waals surface area contributed by atoms with Gasteiger partial charge in [0, 0.05) is 37.5 Å². The summed E-state index contributed by atoms with van der Waals surface area (Å²) >= 11 is 10.2. The molecule has 58 valence electrons. The Morgan fingerprint density at radius 1 is 1.18 bits per heavy atom. The van der Waals surface area contributed by atoms with Crippen LogP contribution in [0.4, 0.5) is 5.69 Å². The second-order valence-corrected chi connectivity index (χ2v) is 8.10. The van der Waals surface area contributed by atoms with Gasteiger partial charge in [0.05, 0.1) is 0 Å². The molecule has 0 atom stereocenters. The molecule has 1 nitrogen and oxygen atoms in total. The maximum Gasteiger partial charge on any atom is 0.377 e. The second-order valence-electron chi connectivity index (χ2n) is 2.10. The van der Waals surface area contributed by atoms with Crippen LogP contribution in [0.2, 0.25) is 0 Å². The molecule has 0 unspecified atom stereocenters. The van der Waals surface area contributed by atoms with Gasteiger partial charge in [0.25, 0.3) is 0 Å².